The highest BCUT2D eigenvalue weighted by Crippen LogP contribution is 2.32. The smallest absolute Gasteiger partial charge is 0.258 e. The summed E-state index contributed by atoms with van der Waals surface area (Å²) in [6, 6.07) is 11.9. The van der Waals surface area contributed by atoms with Crippen molar-refractivity contribution < 1.29 is 4.92 Å². The predicted octanol–water partition coefficient (Wildman–Crippen LogP) is 4.78. The van der Waals surface area contributed by atoms with Gasteiger partial charge in [-0.05, 0) is 54.3 Å². The second-order valence-corrected chi connectivity index (χ2v) is 5.28. The summed E-state index contributed by atoms with van der Waals surface area (Å²) < 4.78 is 0. The molecule has 104 valence electrons. The number of fused-ring (bicyclic) bond motifs is 1. The van der Waals surface area contributed by atoms with E-state index in [9.17, 15) is 10.1 Å². The number of aryl methyl sites for hydroxylation is 2. The molecule has 0 unspecified atom stereocenters. The zero-order valence-electron chi connectivity index (χ0n) is 12.0. The van der Waals surface area contributed by atoms with E-state index < -0.39 is 0 Å². The molecule has 0 aromatic heterocycles. The molecule has 0 fully saturated rings. The first-order valence-electron chi connectivity index (χ1n) is 6.81. The Labute approximate surface area is 123 Å². The molecular formula is C18H15NO2. The minimum absolute atomic E-state index is 0.208. The molecule has 21 heavy (non-hydrogen) atoms. The highest BCUT2D eigenvalue weighted by molar-refractivity contribution is 5.97. The molecule has 0 saturated carbocycles. The normalized spacial score (nSPS) is 14.5. The lowest BCUT2D eigenvalue weighted by molar-refractivity contribution is -0.386. The Hall–Kier alpha value is -2.68. The SMILES string of the molecule is Cc1cc(/C=C2\C=Cc3ccccc32)cc(C)c1[N+](=O)[O-]. The van der Waals surface area contributed by atoms with Crippen LogP contribution < -0.4 is 0 Å². The van der Waals surface area contributed by atoms with Gasteiger partial charge in [0.2, 0.25) is 0 Å². The Morgan fingerprint density at radius 3 is 2.38 bits per heavy atom. The quantitative estimate of drug-likeness (QED) is 0.585. The molecule has 1 aliphatic rings. The highest BCUT2D eigenvalue weighted by atomic mass is 16.6. The van der Waals surface area contributed by atoms with Crippen LogP contribution in [0.15, 0.2) is 42.5 Å². The molecule has 0 N–H and O–H groups in total. The van der Waals surface area contributed by atoms with E-state index in [1.807, 2.05) is 24.3 Å². The second-order valence-electron chi connectivity index (χ2n) is 5.28. The van der Waals surface area contributed by atoms with Gasteiger partial charge < -0.3 is 0 Å². The molecule has 0 bridgehead atoms. The van der Waals surface area contributed by atoms with E-state index in [-0.39, 0.29) is 10.6 Å². The van der Waals surface area contributed by atoms with E-state index in [0.29, 0.717) is 11.1 Å². The van der Waals surface area contributed by atoms with E-state index in [1.54, 1.807) is 13.8 Å². The standard InChI is InChI=1S/C18H15NO2/c1-12-9-14(10-13(2)18(12)19(20)21)11-16-8-7-15-5-3-4-6-17(15)16/h3-11H,1-2H3/b16-11+. The Bertz CT molecular complexity index is 778. The average Bonchev–Trinajstić information content (AvgIpc) is 2.81. The molecule has 2 aromatic carbocycles. The maximum Gasteiger partial charge on any atom is 0.275 e. The zero-order chi connectivity index (χ0) is 15.0. The van der Waals surface area contributed by atoms with Crippen LogP contribution >= 0.6 is 0 Å². The van der Waals surface area contributed by atoms with Crippen LogP contribution in [0.4, 0.5) is 5.69 Å². The molecule has 0 aliphatic heterocycles. The van der Waals surface area contributed by atoms with E-state index in [4.69, 9.17) is 0 Å². The molecule has 3 rings (SSSR count). The van der Waals surface area contributed by atoms with Gasteiger partial charge in [-0.15, -0.1) is 0 Å². The summed E-state index contributed by atoms with van der Waals surface area (Å²) in [6.45, 7) is 3.57. The van der Waals surface area contributed by atoms with Gasteiger partial charge in [0.15, 0.2) is 0 Å². The summed E-state index contributed by atoms with van der Waals surface area (Å²) in [6.07, 6.45) is 6.25. The summed E-state index contributed by atoms with van der Waals surface area (Å²) in [5.74, 6) is 0. The van der Waals surface area contributed by atoms with Crippen LogP contribution in [0.5, 0.6) is 0 Å². The van der Waals surface area contributed by atoms with Crippen LogP contribution in [0, 0.1) is 24.0 Å². The molecule has 0 spiro atoms. The van der Waals surface area contributed by atoms with Gasteiger partial charge in [0.05, 0.1) is 4.92 Å². The number of rotatable bonds is 2. The third-order valence-corrected chi connectivity index (χ3v) is 3.73. The molecule has 3 heteroatoms. The fourth-order valence-corrected chi connectivity index (χ4v) is 2.84. The van der Waals surface area contributed by atoms with Gasteiger partial charge in [-0.25, -0.2) is 0 Å². The Morgan fingerprint density at radius 1 is 1.05 bits per heavy atom. The van der Waals surface area contributed by atoms with Gasteiger partial charge in [0.25, 0.3) is 5.69 Å². The van der Waals surface area contributed by atoms with Crippen molar-refractivity contribution in [1.82, 2.24) is 0 Å². The summed E-state index contributed by atoms with van der Waals surface area (Å²) in [4.78, 5) is 10.7. The molecule has 0 radical (unpaired) electrons. The van der Waals surface area contributed by atoms with Crippen molar-refractivity contribution in [2.75, 3.05) is 0 Å². The van der Waals surface area contributed by atoms with Crippen molar-refractivity contribution >= 4 is 23.4 Å². The van der Waals surface area contributed by atoms with Crippen LogP contribution in [0.2, 0.25) is 0 Å². The third kappa shape index (κ3) is 2.38. The van der Waals surface area contributed by atoms with Crippen LogP contribution in [0.1, 0.15) is 27.8 Å². The first-order valence-corrected chi connectivity index (χ1v) is 6.81. The molecular weight excluding hydrogens is 262 g/mol. The molecule has 0 saturated heterocycles. The Morgan fingerprint density at radius 2 is 1.71 bits per heavy atom. The fraction of sp³-hybridized carbons (Fsp3) is 0.111. The van der Waals surface area contributed by atoms with Crippen molar-refractivity contribution in [3.63, 3.8) is 0 Å². The largest absolute Gasteiger partial charge is 0.275 e. The third-order valence-electron chi connectivity index (χ3n) is 3.73. The Balaban J connectivity index is 2.06. The summed E-state index contributed by atoms with van der Waals surface area (Å²) in [7, 11) is 0. The number of allylic oxidation sites excluding steroid dienone is 2. The van der Waals surface area contributed by atoms with Crippen molar-refractivity contribution in [2.45, 2.75) is 13.8 Å². The zero-order valence-corrected chi connectivity index (χ0v) is 12.0. The van der Waals surface area contributed by atoms with Gasteiger partial charge >= 0.3 is 0 Å². The number of hydrogen-bond donors (Lipinski definition) is 0. The van der Waals surface area contributed by atoms with Crippen molar-refractivity contribution in [2.24, 2.45) is 0 Å². The number of nitro groups is 1. The lowest BCUT2D eigenvalue weighted by Crippen LogP contribution is -1.95. The molecule has 2 aromatic rings. The number of nitrogens with zero attached hydrogens (tertiary/aromatic N) is 1. The molecule has 0 heterocycles. The van der Waals surface area contributed by atoms with Crippen LogP contribution in [-0.4, -0.2) is 4.92 Å². The minimum Gasteiger partial charge on any atom is -0.258 e. The lowest BCUT2D eigenvalue weighted by Gasteiger charge is -2.05. The molecule has 0 amide bonds. The van der Waals surface area contributed by atoms with Gasteiger partial charge in [-0.3, -0.25) is 10.1 Å². The van der Waals surface area contributed by atoms with Crippen molar-refractivity contribution in [3.8, 4) is 0 Å². The number of benzene rings is 2. The van der Waals surface area contributed by atoms with Crippen LogP contribution in [0.25, 0.3) is 17.7 Å². The van der Waals surface area contributed by atoms with Gasteiger partial charge in [0.1, 0.15) is 0 Å². The van der Waals surface area contributed by atoms with E-state index in [2.05, 4.69) is 30.4 Å². The van der Waals surface area contributed by atoms with E-state index in [1.165, 1.54) is 11.1 Å². The maximum absolute atomic E-state index is 11.0. The van der Waals surface area contributed by atoms with Gasteiger partial charge in [-0.2, -0.15) is 0 Å². The summed E-state index contributed by atoms with van der Waals surface area (Å²) in [5.41, 5.74) is 6.14. The molecule has 1 aliphatic carbocycles. The highest BCUT2D eigenvalue weighted by Gasteiger charge is 2.15. The van der Waals surface area contributed by atoms with Crippen molar-refractivity contribution in [1.29, 1.82) is 0 Å². The minimum atomic E-state index is -0.313. The Kier molecular flexibility index (Phi) is 3.18. The second kappa shape index (κ2) is 5.02. The average molecular weight is 277 g/mol. The van der Waals surface area contributed by atoms with E-state index in [0.717, 1.165) is 11.1 Å². The first kappa shape index (κ1) is 13.3. The first-order chi connectivity index (χ1) is 10.1. The summed E-state index contributed by atoms with van der Waals surface area (Å²) >= 11 is 0. The van der Waals surface area contributed by atoms with Crippen LogP contribution in [0.3, 0.4) is 0 Å². The number of hydrogen-bond acceptors (Lipinski definition) is 2. The predicted molar refractivity (Wildman–Crippen MR) is 85.9 cm³/mol. The number of nitro benzene ring substituents is 1. The van der Waals surface area contributed by atoms with E-state index >= 15 is 0 Å². The van der Waals surface area contributed by atoms with Crippen LogP contribution in [-0.2, 0) is 0 Å². The maximum atomic E-state index is 11.0. The molecule has 0 atom stereocenters. The van der Waals surface area contributed by atoms with Gasteiger partial charge in [0, 0.05) is 11.1 Å². The lowest BCUT2D eigenvalue weighted by atomic mass is 10.00. The van der Waals surface area contributed by atoms with Crippen molar-refractivity contribution in [3.05, 3.63) is 80.4 Å². The fourth-order valence-electron chi connectivity index (χ4n) is 2.84. The monoisotopic (exact) mass is 277 g/mol. The molecule has 3 nitrogen and oxygen atoms in total. The summed E-state index contributed by atoms with van der Waals surface area (Å²) in [5, 5.41) is 11.0. The van der Waals surface area contributed by atoms with Gasteiger partial charge in [-0.1, -0.05) is 36.4 Å². The topological polar surface area (TPSA) is 43.1 Å².